The molecule has 0 N–H and O–H groups in total. The van der Waals surface area contributed by atoms with E-state index in [0.717, 1.165) is 22.4 Å². The normalized spacial score (nSPS) is 10.7. The van der Waals surface area contributed by atoms with Crippen molar-refractivity contribution in [2.45, 2.75) is 13.3 Å². The van der Waals surface area contributed by atoms with Gasteiger partial charge < -0.3 is 14.0 Å². The Balaban J connectivity index is 1.83. The SMILES string of the molecule is COc1ccc(Cc2nc(-c3csnc3OC)no2)c(C)c1. The fraction of sp³-hybridized carbons (Fsp3) is 0.267. The van der Waals surface area contributed by atoms with Crippen LogP contribution in [0.4, 0.5) is 0 Å². The molecule has 3 aromatic rings. The molecule has 2 heterocycles. The minimum absolute atomic E-state index is 0.492. The van der Waals surface area contributed by atoms with Crippen molar-refractivity contribution in [2.24, 2.45) is 0 Å². The summed E-state index contributed by atoms with van der Waals surface area (Å²) in [7, 11) is 3.22. The van der Waals surface area contributed by atoms with Crippen molar-refractivity contribution in [3.63, 3.8) is 0 Å². The number of rotatable bonds is 5. The molecule has 0 atom stereocenters. The maximum atomic E-state index is 5.33. The summed E-state index contributed by atoms with van der Waals surface area (Å²) >= 11 is 1.29. The minimum Gasteiger partial charge on any atom is -0.497 e. The molecule has 0 aliphatic rings. The number of ether oxygens (including phenoxy) is 2. The van der Waals surface area contributed by atoms with Crippen molar-refractivity contribution in [1.82, 2.24) is 14.5 Å². The van der Waals surface area contributed by atoms with Gasteiger partial charge in [0.1, 0.15) is 5.75 Å². The summed E-state index contributed by atoms with van der Waals surface area (Å²) in [5.41, 5.74) is 2.98. The third-order valence-corrected chi connectivity index (χ3v) is 3.94. The van der Waals surface area contributed by atoms with Gasteiger partial charge in [0.15, 0.2) is 0 Å². The third kappa shape index (κ3) is 2.80. The minimum atomic E-state index is 0.492. The molecule has 0 radical (unpaired) electrons. The first-order valence-electron chi connectivity index (χ1n) is 6.66. The van der Waals surface area contributed by atoms with E-state index in [4.69, 9.17) is 14.0 Å². The largest absolute Gasteiger partial charge is 0.497 e. The van der Waals surface area contributed by atoms with Crippen molar-refractivity contribution in [3.8, 4) is 23.0 Å². The average Bonchev–Trinajstić information content (AvgIpc) is 3.17. The quantitative estimate of drug-likeness (QED) is 0.720. The van der Waals surface area contributed by atoms with E-state index in [1.54, 1.807) is 14.2 Å². The van der Waals surface area contributed by atoms with E-state index in [2.05, 4.69) is 14.5 Å². The molecule has 0 amide bonds. The van der Waals surface area contributed by atoms with E-state index in [1.165, 1.54) is 11.5 Å². The van der Waals surface area contributed by atoms with Crippen LogP contribution >= 0.6 is 11.5 Å². The van der Waals surface area contributed by atoms with Gasteiger partial charge in [0.25, 0.3) is 0 Å². The monoisotopic (exact) mass is 317 g/mol. The third-order valence-electron chi connectivity index (χ3n) is 3.33. The van der Waals surface area contributed by atoms with Crippen molar-refractivity contribution in [3.05, 3.63) is 40.6 Å². The average molecular weight is 317 g/mol. The predicted molar refractivity (Wildman–Crippen MR) is 82.5 cm³/mol. The number of hydrogen-bond donors (Lipinski definition) is 0. The van der Waals surface area contributed by atoms with Crippen LogP contribution in [-0.2, 0) is 6.42 Å². The molecule has 7 heteroatoms. The summed E-state index contributed by atoms with van der Waals surface area (Å²) in [6, 6.07) is 5.91. The van der Waals surface area contributed by atoms with E-state index in [0.29, 0.717) is 24.0 Å². The van der Waals surface area contributed by atoms with Crippen LogP contribution in [0.2, 0.25) is 0 Å². The molecule has 3 rings (SSSR count). The lowest BCUT2D eigenvalue weighted by Gasteiger charge is -2.05. The number of hydrogen-bond acceptors (Lipinski definition) is 7. The first kappa shape index (κ1) is 14.5. The van der Waals surface area contributed by atoms with Crippen molar-refractivity contribution in [2.75, 3.05) is 14.2 Å². The molecule has 0 aliphatic carbocycles. The van der Waals surface area contributed by atoms with E-state index in [1.807, 2.05) is 30.5 Å². The molecule has 0 fully saturated rings. The van der Waals surface area contributed by atoms with Gasteiger partial charge in [-0.25, -0.2) is 0 Å². The highest BCUT2D eigenvalue weighted by atomic mass is 32.1. The summed E-state index contributed by atoms with van der Waals surface area (Å²) in [4.78, 5) is 4.42. The molecule has 2 aromatic heterocycles. The highest BCUT2D eigenvalue weighted by Gasteiger charge is 2.16. The molecular weight excluding hydrogens is 302 g/mol. The molecule has 0 unspecified atom stereocenters. The second-order valence-corrected chi connectivity index (χ2v) is 5.35. The van der Waals surface area contributed by atoms with Crippen LogP contribution in [-0.4, -0.2) is 28.7 Å². The van der Waals surface area contributed by atoms with Gasteiger partial charge in [0, 0.05) is 5.38 Å². The Labute approximate surface area is 131 Å². The summed E-state index contributed by atoms with van der Waals surface area (Å²) in [5.74, 6) is 2.39. The van der Waals surface area contributed by atoms with Crippen LogP contribution in [0.25, 0.3) is 11.4 Å². The zero-order valence-corrected chi connectivity index (χ0v) is 13.3. The van der Waals surface area contributed by atoms with E-state index < -0.39 is 0 Å². The van der Waals surface area contributed by atoms with Crippen LogP contribution in [0, 0.1) is 6.92 Å². The van der Waals surface area contributed by atoms with Crippen molar-refractivity contribution < 1.29 is 14.0 Å². The summed E-state index contributed by atoms with van der Waals surface area (Å²) in [5, 5.41) is 5.84. The fourth-order valence-corrected chi connectivity index (χ4v) is 2.75. The van der Waals surface area contributed by atoms with Gasteiger partial charge in [-0.05, 0) is 41.7 Å². The van der Waals surface area contributed by atoms with E-state index >= 15 is 0 Å². The molecule has 0 bridgehead atoms. The summed E-state index contributed by atoms with van der Waals surface area (Å²) in [6.45, 7) is 2.03. The second kappa shape index (κ2) is 6.15. The van der Waals surface area contributed by atoms with Crippen LogP contribution in [0.15, 0.2) is 28.1 Å². The summed E-state index contributed by atoms with van der Waals surface area (Å²) < 4.78 is 19.8. The van der Waals surface area contributed by atoms with Gasteiger partial charge in [0.05, 0.1) is 26.2 Å². The lowest BCUT2D eigenvalue weighted by molar-refractivity contribution is 0.383. The molecule has 0 spiro atoms. The Bertz CT molecular complexity index is 782. The standard InChI is InChI=1S/C15H15N3O3S/c1-9-6-11(19-2)5-4-10(9)7-13-16-14(17-21-13)12-8-22-18-15(12)20-3/h4-6,8H,7H2,1-3H3. The van der Waals surface area contributed by atoms with E-state index in [-0.39, 0.29) is 0 Å². The molecular formula is C15H15N3O3S. The molecule has 0 aliphatic heterocycles. The maximum absolute atomic E-state index is 5.33. The smallest absolute Gasteiger partial charge is 0.236 e. The molecule has 114 valence electrons. The van der Waals surface area contributed by atoms with E-state index in [9.17, 15) is 0 Å². The zero-order chi connectivity index (χ0) is 15.5. The Hall–Kier alpha value is -2.41. The number of aromatic nitrogens is 3. The highest BCUT2D eigenvalue weighted by molar-refractivity contribution is 7.04. The Morgan fingerprint density at radius 1 is 1.23 bits per heavy atom. The molecule has 22 heavy (non-hydrogen) atoms. The Morgan fingerprint density at radius 2 is 2.09 bits per heavy atom. The van der Waals surface area contributed by atoms with Gasteiger partial charge in [-0.2, -0.15) is 9.36 Å². The second-order valence-electron chi connectivity index (χ2n) is 4.72. The fourth-order valence-electron chi connectivity index (χ4n) is 2.11. The highest BCUT2D eigenvalue weighted by Crippen LogP contribution is 2.28. The number of aryl methyl sites for hydroxylation is 1. The van der Waals surface area contributed by atoms with Crippen LogP contribution in [0.3, 0.4) is 0 Å². The molecule has 1 aromatic carbocycles. The number of nitrogens with zero attached hydrogens (tertiary/aromatic N) is 3. The van der Waals surface area contributed by atoms with Crippen LogP contribution in [0.5, 0.6) is 11.6 Å². The van der Waals surface area contributed by atoms with Gasteiger partial charge in [-0.1, -0.05) is 11.2 Å². The van der Waals surface area contributed by atoms with Gasteiger partial charge >= 0.3 is 0 Å². The number of methoxy groups -OCH3 is 2. The maximum Gasteiger partial charge on any atom is 0.236 e. The van der Waals surface area contributed by atoms with Gasteiger partial charge in [-0.15, -0.1) is 0 Å². The first-order valence-corrected chi connectivity index (χ1v) is 7.49. The summed E-state index contributed by atoms with van der Waals surface area (Å²) in [6.07, 6.45) is 0.572. The zero-order valence-electron chi connectivity index (χ0n) is 12.5. The number of benzene rings is 1. The predicted octanol–water partition coefficient (Wildman–Crippen LogP) is 3.11. The lowest BCUT2D eigenvalue weighted by Crippen LogP contribution is -1.94. The molecule has 6 nitrogen and oxygen atoms in total. The van der Waals surface area contributed by atoms with Crippen LogP contribution in [0.1, 0.15) is 17.0 Å². The lowest BCUT2D eigenvalue weighted by atomic mass is 10.1. The Morgan fingerprint density at radius 3 is 2.82 bits per heavy atom. The molecule has 0 saturated heterocycles. The van der Waals surface area contributed by atoms with Crippen LogP contribution < -0.4 is 9.47 Å². The molecule has 0 saturated carbocycles. The Kier molecular flexibility index (Phi) is 4.06. The van der Waals surface area contributed by atoms with Gasteiger partial charge in [0.2, 0.25) is 17.6 Å². The van der Waals surface area contributed by atoms with Crippen molar-refractivity contribution >= 4 is 11.5 Å². The van der Waals surface area contributed by atoms with Crippen molar-refractivity contribution in [1.29, 1.82) is 0 Å². The topological polar surface area (TPSA) is 70.3 Å². The van der Waals surface area contributed by atoms with Gasteiger partial charge in [-0.3, -0.25) is 0 Å². The first-order chi connectivity index (χ1) is 10.7.